The van der Waals surface area contributed by atoms with Crippen molar-refractivity contribution >= 4 is 40.4 Å². The standard InChI is InChI=1S/C24H26N6O3.C2H6/c1-4-15-11-12-18-17(13-15)14(3)27-24(28-18)30-23(26)29-21(25)19(22(32)33-5-2)20(31)16-9-7-6-8-10-16;1-2/h6-13,31H,4-5H2,1-3H3,(H4,25,26,27,28,29,30);1-2H3/b20-19+;. The van der Waals surface area contributed by atoms with Gasteiger partial charge in [-0.15, -0.1) is 0 Å². The van der Waals surface area contributed by atoms with E-state index in [2.05, 4.69) is 26.9 Å². The van der Waals surface area contributed by atoms with Crippen LogP contribution in [-0.2, 0) is 16.0 Å². The van der Waals surface area contributed by atoms with Crippen LogP contribution in [0, 0.1) is 6.92 Å². The van der Waals surface area contributed by atoms with Gasteiger partial charge in [0.05, 0.1) is 17.8 Å². The molecule has 35 heavy (non-hydrogen) atoms. The number of aryl methyl sites for hydroxylation is 2. The van der Waals surface area contributed by atoms with E-state index in [1.807, 2.05) is 39.0 Å². The molecule has 5 N–H and O–H groups in total. The number of aromatic nitrogens is 2. The highest BCUT2D eigenvalue weighted by atomic mass is 16.5. The molecule has 3 rings (SSSR count). The minimum Gasteiger partial charge on any atom is -0.506 e. The fourth-order valence-corrected chi connectivity index (χ4v) is 3.16. The molecule has 0 aliphatic heterocycles. The van der Waals surface area contributed by atoms with E-state index in [4.69, 9.17) is 16.2 Å². The molecular weight excluding hydrogens is 444 g/mol. The number of ether oxygens (including phenoxy) is 1. The number of amidine groups is 1. The average molecular weight is 477 g/mol. The van der Waals surface area contributed by atoms with Gasteiger partial charge in [0.2, 0.25) is 5.96 Å². The Morgan fingerprint density at radius 2 is 1.74 bits per heavy atom. The second-order valence-corrected chi connectivity index (χ2v) is 7.09. The van der Waals surface area contributed by atoms with Crippen LogP contribution in [0.15, 0.2) is 64.1 Å². The molecule has 1 aromatic heterocycles. The highest BCUT2D eigenvalue weighted by Gasteiger charge is 2.22. The second kappa shape index (κ2) is 12.8. The maximum Gasteiger partial charge on any atom is 0.345 e. The maximum absolute atomic E-state index is 12.5. The summed E-state index contributed by atoms with van der Waals surface area (Å²) in [6.07, 6.45) is 0.905. The smallest absolute Gasteiger partial charge is 0.345 e. The number of rotatable bonds is 6. The third-order valence-electron chi connectivity index (χ3n) is 4.82. The lowest BCUT2D eigenvalue weighted by atomic mass is 10.1. The summed E-state index contributed by atoms with van der Waals surface area (Å²) in [7, 11) is 0. The van der Waals surface area contributed by atoms with Crippen molar-refractivity contribution in [3.05, 3.63) is 70.9 Å². The largest absolute Gasteiger partial charge is 0.506 e. The summed E-state index contributed by atoms with van der Waals surface area (Å²) in [5.74, 6) is -1.74. The molecule has 3 aromatic rings. The first kappa shape index (κ1) is 27.0. The number of hydrogen-bond acceptors (Lipinski definition) is 6. The van der Waals surface area contributed by atoms with Crippen molar-refractivity contribution in [2.24, 2.45) is 21.5 Å². The van der Waals surface area contributed by atoms with E-state index in [-0.39, 0.29) is 35.7 Å². The third-order valence-corrected chi connectivity index (χ3v) is 4.82. The lowest BCUT2D eigenvalue weighted by Crippen LogP contribution is -2.27. The van der Waals surface area contributed by atoms with Crippen LogP contribution in [0.4, 0.5) is 5.95 Å². The van der Waals surface area contributed by atoms with Gasteiger partial charge in [-0.1, -0.05) is 57.2 Å². The molecule has 0 saturated carbocycles. The van der Waals surface area contributed by atoms with Crippen LogP contribution in [-0.4, -0.2) is 39.4 Å². The first-order chi connectivity index (χ1) is 16.8. The lowest BCUT2D eigenvalue weighted by molar-refractivity contribution is -0.137. The van der Waals surface area contributed by atoms with E-state index in [0.717, 1.165) is 23.0 Å². The first-order valence-corrected chi connectivity index (χ1v) is 11.5. The Balaban J connectivity index is 0.00000210. The molecule has 1 heterocycles. The number of nitrogens with two attached hydrogens (primary N) is 2. The molecule has 0 amide bonds. The van der Waals surface area contributed by atoms with Gasteiger partial charge in [-0.3, -0.25) is 0 Å². The molecule has 0 radical (unpaired) electrons. The normalized spacial score (nSPS) is 12.5. The molecule has 0 saturated heterocycles. The van der Waals surface area contributed by atoms with Gasteiger partial charge in [-0.05, 0) is 38.0 Å². The molecule has 0 spiro atoms. The van der Waals surface area contributed by atoms with Crippen molar-refractivity contribution in [3.63, 3.8) is 0 Å². The summed E-state index contributed by atoms with van der Waals surface area (Å²) in [5.41, 5.74) is 14.7. The number of carbonyl (C=O) groups is 1. The monoisotopic (exact) mass is 476 g/mol. The third kappa shape index (κ3) is 6.86. The van der Waals surface area contributed by atoms with Gasteiger partial charge < -0.3 is 21.3 Å². The fraction of sp³-hybridized carbons (Fsp3) is 0.269. The first-order valence-electron chi connectivity index (χ1n) is 11.5. The zero-order valence-corrected chi connectivity index (χ0v) is 20.7. The predicted molar refractivity (Wildman–Crippen MR) is 141 cm³/mol. The Hall–Kier alpha value is -4.27. The van der Waals surface area contributed by atoms with Crippen molar-refractivity contribution in [1.82, 2.24) is 9.97 Å². The van der Waals surface area contributed by atoms with Gasteiger partial charge in [-0.2, -0.15) is 9.98 Å². The molecule has 9 heteroatoms. The number of esters is 1. The summed E-state index contributed by atoms with van der Waals surface area (Å²) >= 11 is 0. The van der Waals surface area contributed by atoms with Gasteiger partial charge in [0.15, 0.2) is 0 Å². The zero-order valence-electron chi connectivity index (χ0n) is 20.7. The molecule has 0 bridgehead atoms. The Morgan fingerprint density at radius 1 is 1.06 bits per heavy atom. The van der Waals surface area contributed by atoms with Gasteiger partial charge >= 0.3 is 5.97 Å². The Kier molecular flexibility index (Phi) is 9.89. The summed E-state index contributed by atoms with van der Waals surface area (Å²) in [6, 6.07) is 14.4. The quantitative estimate of drug-likeness (QED) is 0.157. The molecule has 0 atom stereocenters. The number of benzene rings is 2. The summed E-state index contributed by atoms with van der Waals surface area (Å²) < 4.78 is 5.03. The van der Waals surface area contributed by atoms with Crippen LogP contribution in [0.3, 0.4) is 0 Å². The van der Waals surface area contributed by atoms with E-state index in [1.54, 1.807) is 37.3 Å². The number of guanidine groups is 1. The van der Waals surface area contributed by atoms with Crippen molar-refractivity contribution < 1.29 is 14.6 Å². The molecule has 0 fully saturated rings. The van der Waals surface area contributed by atoms with Crippen LogP contribution in [0.25, 0.3) is 16.7 Å². The van der Waals surface area contributed by atoms with E-state index < -0.39 is 5.97 Å². The van der Waals surface area contributed by atoms with Crippen LogP contribution >= 0.6 is 0 Å². The SMILES string of the molecule is CC.CCOC(=O)C(/C(N)=N\C(N)=N\c1nc(C)c2cc(CC)ccc2n1)=C(/O)c1ccccc1. The van der Waals surface area contributed by atoms with Crippen LogP contribution in [0.2, 0.25) is 0 Å². The van der Waals surface area contributed by atoms with E-state index in [0.29, 0.717) is 5.56 Å². The van der Waals surface area contributed by atoms with E-state index >= 15 is 0 Å². The minimum atomic E-state index is -0.836. The van der Waals surface area contributed by atoms with Crippen LogP contribution in [0.5, 0.6) is 0 Å². The minimum absolute atomic E-state index is 0.0885. The Labute approximate surface area is 205 Å². The maximum atomic E-state index is 12.5. The summed E-state index contributed by atoms with van der Waals surface area (Å²) in [4.78, 5) is 29.4. The van der Waals surface area contributed by atoms with Gasteiger partial charge in [0, 0.05) is 10.9 Å². The molecule has 2 aromatic carbocycles. The van der Waals surface area contributed by atoms with E-state index in [1.165, 1.54) is 5.56 Å². The summed E-state index contributed by atoms with van der Waals surface area (Å²) in [5, 5.41) is 11.6. The predicted octanol–water partition coefficient (Wildman–Crippen LogP) is 4.36. The van der Waals surface area contributed by atoms with Crippen molar-refractivity contribution in [1.29, 1.82) is 0 Å². The average Bonchev–Trinajstić information content (AvgIpc) is 2.85. The molecule has 0 aliphatic rings. The van der Waals surface area contributed by atoms with Crippen molar-refractivity contribution in [3.8, 4) is 0 Å². The van der Waals surface area contributed by atoms with Gasteiger partial charge in [0.1, 0.15) is 17.2 Å². The molecule has 184 valence electrons. The summed E-state index contributed by atoms with van der Waals surface area (Å²) in [6.45, 7) is 9.66. The highest BCUT2D eigenvalue weighted by molar-refractivity contribution is 6.24. The number of aliphatic imine (C=N–C) groups is 2. The number of hydrogen-bond donors (Lipinski definition) is 3. The van der Waals surface area contributed by atoms with Crippen LogP contribution < -0.4 is 11.5 Å². The zero-order chi connectivity index (χ0) is 26.0. The van der Waals surface area contributed by atoms with E-state index in [9.17, 15) is 9.90 Å². The van der Waals surface area contributed by atoms with Gasteiger partial charge in [0.25, 0.3) is 5.95 Å². The fourth-order valence-electron chi connectivity index (χ4n) is 3.16. The Morgan fingerprint density at radius 3 is 2.37 bits per heavy atom. The van der Waals surface area contributed by atoms with Gasteiger partial charge in [-0.25, -0.2) is 14.8 Å². The van der Waals surface area contributed by atoms with Crippen molar-refractivity contribution in [2.45, 2.75) is 41.0 Å². The molecule has 0 aliphatic carbocycles. The molecule has 0 unspecified atom stereocenters. The molecular formula is C26H32N6O3. The highest BCUT2D eigenvalue weighted by Crippen LogP contribution is 2.21. The molecule has 9 nitrogen and oxygen atoms in total. The van der Waals surface area contributed by atoms with Crippen LogP contribution in [0.1, 0.15) is 44.5 Å². The number of aliphatic hydroxyl groups is 1. The lowest BCUT2D eigenvalue weighted by Gasteiger charge is -2.10. The number of fused-ring (bicyclic) bond motifs is 1. The number of nitrogens with zero attached hydrogens (tertiary/aromatic N) is 4. The number of carbonyl (C=O) groups excluding carboxylic acids is 1. The van der Waals surface area contributed by atoms with Crippen molar-refractivity contribution in [2.75, 3.05) is 6.61 Å². The Bertz CT molecular complexity index is 1270. The second-order valence-electron chi connectivity index (χ2n) is 7.09. The topological polar surface area (TPSA) is 149 Å². The number of aliphatic hydroxyl groups excluding tert-OH is 1.